The third-order valence-electron chi connectivity index (χ3n) is 4.77. The Morgan fingerprint density at radius 2 is 1.96 bits per heavy atom. The van der Waals surface area contributed by atoms with E-state index < -0.39 is 14.6 Å². The van der Waals surface area contributed by atoms with E-state index in [1.54, 1.807) is 32.9 Å². The van der Waals surface area contributed by atoms with E-state index in [-0.39, 0.29) is 17.0 Å². The minimum atomic E-state index is -3.17. The molecule has 1 aromatic carbocycles. The molecule has 1 saturated carbocycles. The molecule has 0 aliphatic heterocycles. The van der Waals surface area contributed by atoms with Crippen LogP contribution in [0.3, 0.4) is 0 Å². The third kappa shape index (κ3) is 5.19. The van der Waals surface area contributed by atoms with E-state index in [9.17, 15) is 12.8 Å². The molecule has 2 rings (SSSR count). The average molecular weight is 384 g/mol. The van der Waals surface area contributed by atoms with Gasteiger partial charge in [-0.15, -0.1) is 0 Å². The molecule has 0 heterocycles. The lowest BCUT2D eigenvalue weighted by atomic mass is 9.96. The minimum Gasteiger partial charge on any atom is -0.357 e. The summed E-state index contributed by atoms with van der Waals surface area (Å²) in [5.41, 5.74) is 0.884. The molecule has 26 heavy (non-hydrogen) atoms. The Hall–Kier alpha value is -1.63. The van der Waals surface area contributed by atoms with Crippen LogP contribution in [-0.2, 0) is 15.3 Å². The number of guanidine groups is 1. The van der Waals surface area contributed by atoms with Gasteiger partial charge in [0.25, 0.3) is 0 Å². The van der Waals surface area contributed by atoms with Gasteiger partial charge in [0.05, 0.1) is 17.0 Å². The molecule has 0 spiro atoms. The number of hydrogen-bond acceptors (Lipinski definition) is 3. The van der Waals surface area contributed by atoms with Crippen LogP contribution in [0.5, 0.6) is 0 Å². The summed E-state index contributed by atoms with van der Waals surface area (Å²) in [5.74, 6) is 0.421. The van der Waals surface area contributed by atoms with Crippen molar-refractivity contribution in [2.45, 2.75) is 50.7 Å². The van der Waals surface area contributed by atoms with E-state index in [1.165, 1.54) is 6.07 Å². The maximum atomic E-state index is 13.5. The Kier molecular flexibility index (Phi) is 6.32. The van der Waals surface area contributed by atoms with Gasteiger partial charge in [-0.05, 0) is 58.2 Å². The van der Waals surface area contributed by atoms with Crippen molar-refractivity contribution in [1.29, 1.82) is 0 Å². The second-order valence-corrected chi connectivity index (χ2v) is 10.7. The zero-order chi connectivity index (χ0) is 19.4. The van der Waals surface area contributed by atoms with Crippen molar-refractivity contribution in [3.8, 4) is 0 Å². The highest BCUT2D eigenvalue weighted by Gasteiger charge is 2.44. The molecule has 146 valence electrons. The lowest BCUT2D eigenvalue weighted by Gasteiger charge is -2.20. The van der Waals surface area contributed by atoms with Gasteiger partial charge in [0.1, 0.15) is 5.82 Å². The van der Waals surface area contributed by atoms with E-state index in [2.05, 4.69) is 15.6 Å². The number of hydrogen-bond donors (Lipinski definition) is 2. The number of benzene rings is 1. The molecule has 0 bridgehead atoms. The van der Waals surface area contributed by atoms with Crippen LogP contribution in [0, 0.1) is 5.82 Å². The van der Waals surface area contributed by atoms with Gasteiger partial charge in [-0.25, -0.2) is 12.8 Å². The Morgan fingerprint density at radius 3 is 2.50 bits per heavy atom. The Morgan fingerprint density at radius 1 is 1.27 bits per heavy atom. The standard InChI is InChI=1S/C19H30FN3O2S/c1-5-21-17(22-11-12-26(24,25)18(2,3)4)23-14-19(9-10-19)15-7-6-8-16(20)13-15/h6-8,13H,5,9-12,14H2,1-4H3,(H2,21,22,23). The fourth-order valence-corrected chi connectivity index (χ4v) is 3.67. The van der Waals surface area contributed by atoms with Crippen LogP contribution in [0.25, 0.3) is 0 Å². The first-order chi connectivity index (χ1) is 12.1. The molecule has 7 heteroatoms. The molecule has 1 fully saturated rings. The summed E-state index contributed by atoms with van der Waals surface area (Å²) in [6.45, 7) is 8.62. The van der Waals surface area contributed by atoms with Crippen LogP contribution in [-0.4, -0.2) is 44.5 Å². The quantitative estimate of drug-likeness (QED) is 0.561. The van der Waals surface area contributed by atoms with Gasteiger partial charge in [-0.2, -0.15) is 0 Å². The Labute approximate surface area is 156 Å². The van der Waals surface area contributed by atoms with E-state index in [0.29, 0.717) is 25.6 Å². The number of halogens is 1. The van der Waals surface area contributed by atoms with Gasteiger partial charge < -0.3 is 10.6 Å². The number of nitrogens with one attached hydrogen (secondary N) is 2. The molecule has 0 unspecified atom stereocenters. The second-order valence-electron chi connectivity index (χ2n) is 7.84. The van der Waals surface area contributed by atoms with Gasteiger partial charge in [-0.3, -0.25) is 4.99 Å². The van der Waals surface area contributed by atoms with Crippen LogP contribution in [0.15, 0.2) is 29.3 Å². The van der Waals surface area contributed by atoms with Crippen LogP contribution in [0.2, 0.25) is 0 Å². The van der Waals surface area contributed by atoms with Gasteiger partial charge in [0.15, 0.2) is 15.8 Å². The Bertz CT molecular complexity index is 750. The maximum Gasteiger partial charge on any atom is 0.191 e. The molecule has 0 amide bonds. The molecule has 5 nitrogen and oxygen atoms in total. The molecule has 1 aliphatic rings. The van der Waals surface area contributed by atoms with Crippen LogP contribution in [0.1, 0.15) is 46.1 Å². The average Bonchev–Trinajstić information content (AvgIpc) is 3.32. The molecular formula is C19H30FN3O2S. The van der Waals surface area contributed by atoms with Crippen molar-refractivity contribution in [2.75, 3.05) is 25.4 Å². The van der Waals surface area contributed by atoms with Crippen molar-refractivity contribution in [2.24, 2.45) is 4.99 Å². The summed E-state index contributed by atoms with van der Waals surface area (Å²) in [6.07, 6.45) is 1.97. The zero-order valence-corrected chi connectivity index (χ0v) is 16.9. The molecule has 0 radical (unpaired) electrons. The second kappa shape index (κ2) is 7.94. The monoisotopic (exact) mass is 383 g/mol. The number of nitrogens with zero attached hydrogens (tertiary/aromatic N) is 1. The summed E-state index contributed by atoms with van der Waals surface area (Å²) < 4.78 is 37.1. The van der Waals surface area contributed by atoms with E-state index >= 15 is 0 Å². The maximum absolute atomic E-state index is 13.5. The van der Waals surface area contributed by atoms with Crippen molar-refractivity contribution in [1.82, 2.24) is 10.6 Å². The number of aliphatic imine (C=N–C) groups is 1. The molecule has 1 aromatic rings. The van der Waals surface area contributed by atoms with Crippen LogP contribution in [0.4, 0.5) is 4.39 Å². The van der Waals surface area contributed by atoms with Gasteiger partial charge in [0.2, 0.25) is 0 Å². The largest absolute Gasteiger partial charge is 0.357 e. The molecule has 0 atom stereocenters. The first-order valence-electron chi connectivity index (χ1n) is 9.10. The highest BCUT2D eigenvalue weighted by molar-refractivity contribution is 7.92. The van der Waals surface area contributed by atoms with Gasteiger partial charge in [-0.1, -0.05) is 12.1 Å². The van der Waals surface area contributed by atoms with Crippen molar-refractivity contribution in [3.63, 3.8) is 0 Å². The van der Waals surface area contributed by atoms with E-state index in [1.807, 2.05) is 13.0 Å². The predicted octanol–water partition coefficient (Wildman–Crippen LogP) is 2.63. The third-order valence-corrected chi connectivity index (χ3v) is 7.38. The SMILES string of the molecule is CCNC(=NCC1(c2cccc(F)c2)CC1)NCCS(=O)(=O)C(C)(C)C. The van der Waals surface area contributed by atoms with Crippen molar-refractivity contribution < 1.29 is 12.8 Å². The molecule has 0 saturated heterocycles. The van der Waals surface area contributed by atoms with Crippen LogP contribution < -0.4 is 10.6 Å². The summed E-state index contributed by atoms with van der Waals surface area (Å²) in [6, 6.07) is 6.71. The lowest BCUT2D eigenvalue weighted by Crippen LogP contribution is -2.42. The Balaban J connectivity index is 1.99. The first-order valence-corrected chi connectivity index (χ1v) is 10.8. The van der Waals surface area contributed by atoms with E-state index in [0.717, 1.165) is 18.4 Å². The zero-order valence-electron chi connectivity index (χ0n) is 16.1. The highest BCUT2D eigenvalue weighted by atomic mass is 32.2. The van der Waals surface area contributed by atoms with Crippen molar-refractivity contribution in [3.05, 3.63) is 35.6 Å². The topological polar surface area (TPSA) is 70.6 Å². The molecular weight excluding hydrogens is 353 g/mol. The van der Waals surface area contributed by atoms with Crippen LogP contribution >= 0.6 is 0 Å². The van der Waals surface area contributed by atoms with Gasteiger partial charge in [0, 0.05) is 18.5 Å². The normalized spacial score (nSPS) is 17.0. The van der Waals surface area contributed by atoms with Gasteiger partial charge >= 0.3 is 0 Å². The number of rotatable bonds is 7. The van der Waals surface area contributed by atoms with E-state index in [4.69, 9.17) is 0 Å². The summed E-state index contributed by atoms with van der Waals surface area (Å²) in [5, 5.41) is 6.24. The molecule has 2 N–H and O–H groups in total. The summed E-state index contributed by atoms with van der Waals surface area (Å²) in [4.78, 5) is 4.61. The predicted molar refractivity (Wildman–Crippen MR) is 105 cm³/mol. The minimum absolute atomic E-state index is 0.0515. The smallest absolute Gasteiger partial charge is 0.191 e. The molecule has 0 aromatic heterocycles. The van der Waals surface area contributed by atoms with Crippen molar-refractivity contribution >= 4 is 15.8 Å². The highest BCUT2D eigenvalue weighted by Crippen LogP contribution is 2.48. The molecule has 1 aliphatic carbocycles. The fraction of sp³-hybridized carbons (Fsp3) is 0.632. The summed E-state index contributed by atoms with van der Waals surface area (Å²) in [7, 11) is -3.17. The summed E-state index contributed by atoms with van der Waals surface area (Å²) >= 11 is 0. The lowest BCUT2D eigenvalue weighted by molar-refractivity contribution is 0.559. The fourth-order valence-electron chi connectivity index (χ4n) is 2.69. The first kappa shape index (κ1) is 20.7. The number of sulfone groups is 1.